The number of halogens is 3. The number of nitrogens with two attached hydrogens (primary N) is 2. The van der Waals surface area contributed by atoms with E-state index >= 15 is 0 Å². The molecule has 0 bridgehead atoms. The predicted molar refractivity (Wildman–Crippen MR) is 105 cm³/mol. The average molecular weight is 410 g/mol. The summed E-state index contributed by atoms with van der Waals surface area (Å²) in [5, 5.41) is 7.70. The minimum absolute atomic E-state index is 0.200. The third-order valence-electron chi connectivity index (χ3n) is 4.59. The number of hydrogen-bond donors (Lipinski definition) is 3. The third kappa shape index (κ3) is 3.90. The standard InChI is InChI=1S/C19H21F3N4OS/c1-10-8-19(21,22)9-26(10)28-11-3-4-12(14(20)7-11)13-5-6-15(23)16(18(24)25)17(13)27-2/h3-7,10H,8-9,23H2,1-2H3,(H3,24,25). The number of ether oxygens (including phenoxy) is 1. The molecule has 150 valence electrons. The van der Waals surface area contributed by atoms with Gasteiger partial charge in [0.25, 0.3) is 5.92 Å². The van der Waals surface area contributed by atoms with Crippen molar-refractivity contribution in [3.63, 3.8) is 0 Å². The van der Waals surface area contributed by atoms with Crippen molar-refractivity contribution < 1.29 is 17.9 Å². The zero-order valence-corrected chi connectivity index (χ0v) is 16.2. The molecule has 3 rings (SSSR count). The largest absolute Gasteiger partial charge is 0.495 e. The van der Waals surface area contributed by atoms with Crippen LogP contribution in [0, 0.1) is 11.2 Å². The summed E-state index contributed by atoms with van der Waals surface area (Å²) in [6.45, 7) is 1.36. The molecule has 5 N–H and O–H groups in total. The number of nitrogen functional groups attached to an aromatic ring is 2. The van der Waals surface area contributed by atoms with E-state index in [1.807, 2.05) is 0 Å². The van der Waals surface area contributed by atoms with E-state index in [0.29, 0.717) is 10.5 Å². The van der Waals surface area contributed by atoms with Gasteiger partial charge < -0.3 is 16.2 Å². The van der Waals surface area contributed by atoms with Crippen molar-refractivity contribution in [3.05, 3.63) is 41.7 Å². The number of rotatable bonds is 5. The van der Waals surface area contributed by atoms with Crippen molar-refractivity contribution >= 4 is 23.5 Å². The second kappa shape index (κ2) is 7.56. The lowest BCUT2D eigenvalue weighted by molar-refractivity contribution is 0.0179. The van der Waals surface area contributed by atoms with E-state index < -0.39 is 11.7 Å². The van der Waals surface area contributed by atoms with Gasteiger partial charge in [-0.05, 0) is 43.1 Å². The van der Waals surface area contributed by atoms with Crippen LogP contribution in [0.2, 0.25) is 0 Å². The highest BCUT2D eigenvalue weighted by atomic mass is 32.2. The molecule has 1 aliphatic heterocycles. The maximum atomic E-state index is 14.9. The first kappa shape index (κ1) is 20.3. The quantitative estimate of drug-likeness (QED) is 0.299. The fourth-order valence-electron chi connectivity index (χ4n) is 3.31. The van der Waals surface area contributed by atoms with Crippen LogP contribution < -0.4 is 16.2 Å². The van der Waals surface area contributed by atoms with Gasteiger partial charge in [-0.3, -0.25) is 5.41 Å². The summed E-state index contributed by atoms with van der Waals surface area (Å²) in [7, 11) is 1.39. The van der Waals surface area contributed by atoms with Crippen LogP contribution >= 0.6 is 11.9 Å². The lowest BCUT2D eigenvalue weighted by atomic mass is 9.99. The molecule has 1 aliphatic rings. The second-order valence-corrected chi connectivity index (χ2v) is 7.86. The molecule has 0 aromatic heterocycles. The first-order valence-corrected chi connectivity index (χ1v) is 9.33. The zero-order chi connectivity index (χ0) is 20.6. The van der Waals surface area contributed by atoms with Crippen LogP contribution in [0.1, 0.15) is 18.9 Å². The van der Waals surface area contributed by atoms with Gasteiger partial charge in [0.05, 0.1) is 19.2 Å². The third-order valence-corrected chi connectivity index (χ3v) is 5.78. The Hall–Kier alpha value is -2.39. The van der Waals surface area contributed by atoms with Crippen LogP contribution in [0.25, 0.3) is 11.1 Å². The van der Waals surface area contributed by atoms with Gasteiger partial charge >= 0.3 is 0 Å². The summed E-state index contributed by atoms with van der Waals surface area (Å²) in [4.78, 5) is 0.520. The lowest BCUT2D eigenvalue weighted by Gasteiger charge is -2.19. The van der Waals surface area contributed by atoms with Gasteiger partial charge in [0, 0.05) is 34.2 Å². The number of alkyl halides is 2. The molecule has 0 amide bonds. The Labute approximate surface area is 165 Å². The first-order chi connectivity index (χ1) is 13.1. The first-order valence-electron chi connectivity index (χ1n) is 8.56. The molecule has 9 heteroatoms. The Morgan fingerprint density at radius 2 is 1.96 bits per heavy atom. The van der Waals surface area contributed by atoms with Crippen molar-refractivity contribution in [3.8, 4) is 16.9 Å². The molecule has 0 aliphatic carbocycles. The Bertz CT molecular complexity index is 922. The minimum Gasteiger partial charge on any atom is -0.495 e. The van der Waals surface area contributed by atoms with Crippen molar-refractivity contribution in [2.45, 2.75) is 30.2 Å². The molecule has 0 spiro atoms. The molecule has 2 aromatic carbocycles. The molecule has 1 fully saturated rings. The van der Waals surface area contributed by atoms with E-state index in [1.54, 1.807) is 29.4 Å². The highest BCUT2D eigenvalue weighted by molar-refractivity contribution is 7.97. The van der Waals surface area contributed by atoms with Crippen molar-refractivity contribution in [1.29, 1.82) is 5.41 Å². The van der Waals surface area contributed by atoms with Crippen molar-refractivity contribution in [2.75, 3.05) is 19.4 Å². The monoisotopic (exact) mass is 410 g/mol. The summed E-state index contributed by atoms with van der Waals surface area (Å²) < 4.78 is 48.9. The topological polar surface area (TPSA) is 88.4 Å². The van der Waals surface area contributed by atoms with Crippen LogP contribution in [0.4, 0.5) is 18.9 Å². The van der Waals surface area contributed by atoms with Gasteiger partial charge in [-0.15, -0.1) is 0 Å². The van der Waals surface area contributed by atoms with E-state index in [2.05, 4.69) is 0 Å². The highest BCUT2D eigenvalue weighted by Crippen LogP contribution is 2.41. The second-order valence-electron chi connectivity index (χ2n) is 6.74. The lowest BCUT2D eigenvalue weighted by Crippen LogP contribution is -2.21. The minimum atomic E-state index is -2.73. The Morgan fingerprint density at radius 3 is 2.50 bits per heavy atom. The van der Waals surface area contributed by atoms with E-state index in [1.165, 1.54) is 19.2 Å². The van der Waals surface area contributed by atoms with Gasteiger partial charge in [-0.1, -0.05) is 6.07 Å². The molecule has 5 nitrogen and oxygen atoms in total. The molecule has 1 atom stereocenters. The molecule has 0 saturated carbocycles. The molecule has 1 heterocycles. The number of nitrogens with zero attached hydrogens (tertiary/aromatic N) is 1. The number of nitrogens with one attached hydrogen (secondary N) is 1. The number of benzene rings is 2. The molecule has 2 aromatic rings. The fraction of sp³-hybridized carbons (Fsp3) is 0.316. The zero-order valence-electron chi connectivity index (χ0n) is 15.4. The fourth-order valence-corrected chi connectivity index (χ4v) is 4.37. The molecule has 0 radical (unpaired) electrons. The number of methoxy groups -OCH3 is 1. The van der Waals surface area contributed by atoms with E-state index in [4.69, 9.17) is 21.6 Å². The maximum absolute atomic E-state index is 14.9. The Balaban J connectivity index is 1.94. The summed E-state index contributed by atoms with van der Waals surface area (Å²) in [5.74, 6) is -3.35. The SMILES string of the molecule is COc1c(-c2ccc(SN3CC(F)(F)CC3C)cc2F)ccc(N)c1C(=N)N. The van der Waals surface area contributed by atoms with Gasteiger partial charge in [0.2, 0.25) is 0 Å². The average Bonchev–Trinajstić information content (AvgIpc) is 2.86. The summed E-state index contributed by atoms with van der Waals surface area (Å²) in [6, 6.07) is 7.33. The summed E-state index contributed by atoms with van der Waals surface area (Å²) in [5.41, 5.74) is 12.5. The van der Waals surface area contributed by atoms with Crippen LogP contribution in [-0.4, -0.2) is 35.8 Å². The molecule has 28 heavy (non-hydrogen) atoms. The van der Waals surface area contributed by atoms with E-state index in [9.17, 15) is 13.2 Å². The van der Waals surface area contributed by atoms with Crippen LogP contribution in [0.5, 0.6) is 5.75 Å². The van der Waals surface area contributed by atoms with Gasteiger partial charge in [0.1, 0.15) is 17.4 Å². The van der Waals surface area contributed by atoms with Crippen molar-refractivity contribution in [2.24, 2.45) is 5.73 Å². The number of amidine groups is 1. The molecule has 1 saturated heterocycles. The molecular formula is C19H21F3N4OS. The van der Waals surface area contributed by atoms with Crippen molar-refractivity contribution in [1.82, 2.24) is 4.31 Å². The van der Waals surface area contributed by atoms with Gasteiger partial charge in [-0.25, -0.2) is 17.5 Å². The van der Waals surface area contributed by atoms with Crippen LogP contribution in [0.3, 0.4) is 0 Å². The highest BCUT2D eigenvalue weighted by Gasteiger charge is 2.43. The van der Waals surface area contributed by atoms with Crippen LogP contribution in [0.15, 0.2) is 35.2 Å². The maximum Gasteiger partial charge on any atom is 0.263 e. The Kier molecular flexibility index (Phi) is 5.49. The van der Waals surface area contributed by atoms with Gasteiger partial charge in [-0.2, -0.15) is 0 Å². The van der Waals surface area contributed by atoms with Crippen LogP contribution in [-0.2, 0) is 0 Å². The van der Waals surface area contributed by atoms with Gasteiger partial charge in [0.15, 0.2) is 0 Å². The smallest absolute Gasteiger partial charge is 0.263 e. The number of anilines is 1. The van der Waals surface area contributed by atoms with E-state index in [-0.39, 0.29) is 47.4 Å². The molecule has 1 unspecified atom stereocenters. The Morgan fingerprint density at radius 1 is 1.29 bits per heavy atom. The summed E-state index contributed by atoms with van der Waals surface area (Å²) >= 11 is 1.11. The normalized spacial score (nSPS) is 19.0. The summed E-state index contributed by atoms with van der Waals surface area (Å²) in [6.07, 6.45) is -0.211. The van der Waals surface area contributed by atoms with E-state index in [0.717, 1.165) is 11.9 Å². The number of hydrogen-bond acceptors (Lipinski definition) is 5. The molecular weight excluding hydrogens is 389 g/mol. The predicted octanol–water partition coefficient (Wildman–Crippen LogP) is 4.10.